The number of hydrogen-bond acceptors (Lipinski definition) is 6. The topological polar surface area (TPSA) is 115 Å². The number of carbonyl (C=O) groups is 2. The van der Waals surface area contributed by atoms with Gasteiger partial charge >= 0.3 is 13.2 Å². The van der Waals surface area contributed by atoms with E-state index in [-0.39, 0.29) is 13.2 Å². The van der Waals surface area contributed by atoms with Crippen molar-refractivity contribution in [1.82, 2.24) is 10.6 Å². The first-order valence-corrected chi connectivity index (χ1v) is 10.8. The zero-order valence-corrected chi connectivity index (χ0v) is 20.1. The summed E-state index contributed by atoms with van der Waals surface area (Å²) in [6, 6.07) is 4.24. The molecule has 1 saturated heterocycles. The number of carbonyl (C=O) groups excluding carboxylic acids is 1. The Morgan fingerprint density at radius 3 is 2.34 bits per heavy atom. The van der Waals surface area contributed by atoms with Crippen molar-refractivity contribution in [2.75, 3.05) is 20.3 Å². The van der Waals surface area contributed by atoms with Crippen molar-refractivity contribution in [3.8, 4) is 5.75 Å². The van der Waals surface area contributed by atoms with E-state index in [0.717, 1.165) is 5.56 Å². The molecular weight excluding hydrogens is 439 g/mol. The summed E-state index contributed by atoms with van der Waals surface area (Å²) in [4.78, 5) is 23.9. The van der Waals surface area contributed by atoms with Crippen LogP contribution in [0.25, 0.3) is 0 Å². The lowest BCUT2D eigenvalue weighted by molar-refractivity contribution is -0.124. The summed E-state index contributed by atoms with van der Waals surface area (Å²) >= 11 is 6.00. The van der Waals surface area contributed by atoms with Crippen LogP contribution in [0, 0.1) is 6.92 Å². The number of halogens is 1. The Hall–Kier alpha value is -2.01. The summed E-state index contributed by atoms with van der Waals surface area (Å²) in [5.41, 5.74) is -0.307. The standard InChI is InChI=1S/C21H32BClN2O7/c1-13-11-14(23)7-8-16(13)30-10-9-17(22-31-20(2,3)21(4,5)32-22)25-18(26)15(12-29-6)24-19(27)28/h7-8,11,15,17,24H,9-10,12H2,1-6H3,(H,25,26)(H,27,28)/t15-,17+/m1/s1. The zero-order chi connectivity index (χ0) is 24.1. The molecule has 1 fully saturated rings. The van der Waals surface area contributed by atoms with Crippen LogP contribution in [0.5, 0.6) is 5.75 Å². The quantitative estimate of drug-likeness (QED) is 0.450. The van der Waals surface area contributed by atoms with Gasteiger partial charge < -0.3 is 34.5 Å². The normalized spacial score (nSPS) is 18.7. The molecule has 1 heterocycles. The van der Waals surface area contributed by atoms with Gasteiger partial charge in [-0.3, -0.25) is 4.79 Å². The fourth-order valence-electron chi connectivity index (χ4n) is 3.18. The third-order valence-electron chi connectivity index (χ3n) is 5.70. The van der Waals surface area contributed by atoms with Crippen LogP contribution in [0.4, 0.5) is 4.79 Å². The first-order chi connectivity index (χ1) is 14.9. The van der Waals surface area contributed by atoms with Crippen LogP contribution in [0.15, 0.2) is 18.2 Å². The number of carboxylic acid groups (broad SMARTS) is 1. The SMILES string of the molecule is COC[C@@H](NC(=O)O)C(=O)N[C@@H](CCOc1ccc(Cl)cc1C)B1OC(C)(C)C(C)(C)O1. The van der Waals surface area contributed by atoms with E-state index in [9.17, 15) is 9.59 Å². The largest absolute Gasteiger partial charge is 0.493 e. The zero-order valence-electron chi connectivity index (χ0n) is 19.4. The second-order valence-corrected chi connectivity index (χ2v) is 9.18. The van der Waals surface area contributed by atoms with Crippen LogP contribution in [-0.4, -0.2) is 67.7 Å². The second-order valence-electron chi connectivity index (χ2n) is 8.74. The molecule has 0 saturated carbocycles. The van der Waals surface area contributed by atoms with Gasteiger partial charge in [0.15, 0.2) is 0 Å². The van der Waals surface area contributed by atoms with Gasteiger partial charge in [0.05, 0.1) is 30.4 Å². The van der Waals surface area contributed by atoms with E-state index in [2.05, 4.69) is 10.6 Å². The average molecular weight is 471 g/mol. The molecule has 11 heteroatoms. The molecule has 0 unspecified atom stereocenters. The summed E-state index contributed by atoms with van der Waals surface area (Å²) < 4.78 is 23.1. The van der Waals surface area contributed by atoms with Crippen molar-refractivity contribution in [3.63, 3.8) is 0 Å². The highest BCUT2D eigenvalue weighted by Crippen LogP contribution is 2.38. The van der Waals surface area contributed by atoms with Crippen molar-refractivity contribution >= 4 is 30.7 Å². The predicted octanol–water partition coefficient (Wildman–Crippen LogP) is 2.82. The van der Waals surface area contributed by atoms with E-state index in [1.807, 2.05) is 34.6 Å². The Balaban J connectivity index is 2.13. The first-order valence-electron chi connectivity index (χ1n) is 10.4. The Kier molecular flexibility index (Phi) is 8.81. The van der Waals surface area contributed by atoms with Gasteiger partial charge in [-0.1, -0.05) is 11.6 Å². The molecule has 3 N–H and O–H groups in total. The van der Waals surface area contributed by atoms with Crippen molar-refractivity contribution in [3.05, 3.63) is 28.8 Å². The predicted molar refractivity (Wildman–Crippen MR) is 121 cm³/mol. The van der Waals surface area contributed by atoms with E-state index in [1.54, 1.807) is 18.2 Å². The fraction of sp³-hybridized carbons (Fsp3) is 0.619. The summed E-state index contributed by atoms with van der Waals surface area (Å²) in [6.07, 6.45) is -0.965. The van der Waals surface area contributed by atoms with E-state index in [1.165, 1.54) is 7.11 Å². The molecule has 0 spiro atoms. The molecule has 2 amide bonds. The fourth-order valence-corrected chi connectivity index (χ4v) is 3.41. The van der Waals surface area contributed by atoms with E-state index in [4.69, 9.17) is 35.5 Å². The van der Waals surface area contributed by atoms with Crippen molar-refractivity contribution < 1.29 is 33.5 Å². The minimum atomic E-state index is -1.32. The molecule has 1 aromatic rings. The van der Waals surface area contributed by atoms with Crippen LogP contribution >= 0.6 is 11.6 Å². The van der Waals surface area contributed by atoms with Gasteiger partial charge in [0.25, 0.3) is 0 Å². The molecule has 0 aliphatic carbocycles. The van der Waals surface area contributed by atoms with Crippen LogP contribution in [-0.2, 0) is 18.8 Å². The molecule has 9 nitrogen and oxygen atoms in total. The number of rotatable bonds is 10. The highest BCUT2D eigenvalue weighted by molar-refractivity contribution is 6.48. The van der Waals surface area contributed by atoms with E-state index in [0.29, 0.717) is 17.2 Å². The second kappa shape index (κ2) is 10.7. The Bertz CT molecular complexity index is 805. The number of aryl methyl sites for hydroxylation is 1. The molecule has 1 aliphatic heterocycles. The number of nitrogens with one attached hydrogen (secondary N) is 2. The van der Waals surface area contributed by atoms with E-state index >= 15 is 0 Å². The van der Waals surface area contributed by atoms with Crippen LogP contribution < -0.4 is 15.4 Å². The van der Waals surface area contributed by atoms with Gasteiger partial charge in [-0.15, -0.1) is 0 Å². The first kappa shape index (κ1) is 26.2. The Morgan fingerprint density at radius 2 is 1.81 bits per heavy atom. The maximum Gasteiger partial charge on any atom is 0.481 e. The summed E-state index contributed by atoms with van der Waals surface area (Å²) in [5, 5.41) is 14.6. The third-order valence-corrected chi connectivity index (χ3v) is 5.93. The molecular formula is C21H32BClN2O7. The maximum atomic E-state index is 12.8. The molecule has 2 atom stereocenters. The summed E-state index contributed by atoms with van der Waals surface area (Å²) in [7, 11) is 0.643. The van der Waals surface area contributed by atoms with Gasteiger partial charge in [0.1, 0.15) is 11.8 Å². The van der Waals surface area contributed by atoms with Gasteiger partial charge in [0.2, 0.25) is 5.91 Å². The maximum absolute atomic E-state index is 12.8. The van der Waals surface area contributed by atoms with Crippen molar-refractivity contribution in [1.29, 1.82) is 0 Å². The Labute approximate surface area is 194 Å². The highest BCUT2D eigenvalue weighted by atomic mass is 35.5. The number of ether oxygens (including phenoxy) is 2. The highest BCUT2D eigenvalue weighted by Gasteiger charge is 2.54. The summed E-state index contributed by atoms with van der Waals surface area (Å²) in [5.74, 6) is -0.457. The van der Waals surface area contributed by atoms with Crippen LogP contribution in [0.3, 0.4) is 0 Å². The minimum Gasteiger partial charge on any atom is -0.493 e. The number of hydrogen-bond donors (Lipinski definition) is 3. The summed E-state index contributed by atoms with van der Waals surface area (Å²) in [6.45, 7) is 9.70. The number of methoxy groups -OCH3 is 1. The van der Waals surface area contributed by atoms with Crippen molar-refractivity contribution in [2.24, 2.45) is 0 Å². The lowest BCUT2D eigenvalue weighted by Gasteiger charge is -2.32. The third kappa shape index (κ3) is 6.75. The lowest BCUT2D eigenvalue weighted by atomic mass is 9.76. The van der Waals surface area contributed by atoms with Crippen LogP contribution in [0.1, 0.15) is 39.7 Å². The average Bonchev–Trinajstić information content (AvgIpc) is 2.89. The van der Waals surface area contributed by atoms with Gasteiger partial charge in [0, 0.05) is 18.6 Å². The molecule has 0 aromatic heterocycles. The lowest BCUT2D eigenvalue weighted by Crippen LogP contribution is -2.56. The molecule has 0 radical (unpaired) electrons. The van der Waals surface area contributed by atoms with Gasteiger partial charge in [-0.05, 0) is 58.4 Å². The van der Waals surface area contributed by atoms with Crippen LogP contribution in [0.2, 0.25) is 5.02 Å². The molecule has 0 bridgehead atoms. The molecule has 2 rings (SSSR count). The Morgan fingerprint density at radius 1 is 1.19 bits per heavy atom. The van der Waals surface area contributed by atoms with Gasteiger partial charge in [-0.25, -0.2) is 4.79 Å². The molecule has 178 valence electrons. The molecule has 1 aliphatic rings. The van der Waals surface area contributed by atoms with Gasteiger partial charge in [-0.2, -0.15) is 0 Å². The molecule has 1 aromatic carbocycles. The smallest absolute Gasteiger partial charge is 0.481 e. The van der Waals surface area contributed by atoms with Crippen molar-refractivity contribution in [2.45, 2.75) is 64.2 Å². The van der Waals surface area contributed by atoms with E-state index < -0.39 is 42.3 Å². The number of benzene rings is 1. The minimum absolute atomic E-state index is 0.116. The monoisotopic (exact) mass is 470 g/mol. The number of amides is 2. The molecule has 32 heavy (non-hydrogen) atoms.